The number of ether oxygens (including phenoxy) is 1. The van der Waals surface area contributed by atoms with Crippen LogP contribution in [0.2, 0.25) is 0 Å². The number of benzene rings is 1. The third-order valence-electron chi connectivity index (χ3n) is 4.57. The predicted molar refractivity (Wildman–Crippen MR) is 85.7 cm³/mol. The summed E-state index contributed by atoms with van der Waals surface area (Å²) in [4.78, 5) is 1.73. The molecule has 2 aromatic rings. The Morgan fingerprint density at radius 3 is 2.55 bits per heavy atom. The van der Waals surface area contributed by atoms with Crippen LogP contribution < -0.4 is 10.1 Å². The number of hydrogen-bond donors (Lipinski definition) is 1. The highest BCUT2D eigenvalue weighted by Crippen LogP contribution is 2.39. The minimum Gasteiger partial charge on any atom is -0.497 e. The highest BCUT2D eigenvalue weighted by Gasteiger charge is 2.35. The average Bonchev–Trinajstić information content (AvgIpc) is 3.23. The van der Waals surface area contributed by atoms with Crippen LogP contribution in [0, 0.1) is 0 Å². The molecular formula is C17H24N4O. The second kappa shape index (κ2) is 6.48. The molecule has 5 nitrogen and oxygen atoms in total. The molecule has 0 aliphatic heterocycles. The first kappa shape index (κ1) is 15.0. The molecule has 1 fully saturated rings. The fourth-order valence-corrected chi connectivity index (χ4v) is 3.28. The Kier molecular flexibility index (Phi) is 4.43. The van der Waals surface area contributed by atoms with Gasteiger partial charge in [0.2, 0.25) is 0 Å². The van der Waals surface area contributed by atoms with Crippen molar-refractivity contribution in [2.45, 2.75) is 51.2 Å². The van der Waals surface area contributed by atoms with Crippen molar-refractivity contribution in [3.63, 3.8) is 0 Å². The lowest BCUT2D eigenvalue weighted by Crippen LogP contribution is -2.39. The Balaban J connectivity index is 1.75. The molecular weight excluding hydrogens is 276 g/mol. The van der Waals surface area contributed by atoms with Crippen LogP contribution in [-0.2, 0) is 18.6 Å². The normalized spacial score (nSPS) is 16.8. The van der Waals surface area contributed by atoms with E-state index in [4.69, 9.17) is 4.74 Å². The van der Waals surface area contributed by atoms with Crippen molar-refractivity contribution in [3.8, 4) is 5.75 Å². The summed E-state index contributed by atoms with van der Waals surface area (Å²) in [6.45, 7) is 3.61. The van der Waals surface area contributed by atoms with Gasteiger partial charge in [-0.05, 0) is 37.5 Å². The van der Waals surface area contributed by atoms with Gasteiger partial charge in [-0.1, -0.05) is 25.0 Å². The van der Waals surface area contributed by atoms with Crippen molar-refractivity contribution >= 4 is 0 Å². The van der Waals surface area contributed by atoms with E-state index < -0.39 is 0 Å². The summed E-state index contributed by atoms with van der Waals surface area (Å²) >= 11 is 0. The summed E-state index contributed by atoms with van der Waals surface area (Å²) in [5.41, 5.74) is 2.40. The standard InChI is InChI=1S/C17H24N4O/c1-3-21-19-13-15(20-21)12-18-17(10-4-5-11-17)14-6-8-16(22-2)9-7-14/h6-9,13,18H,3-5,10-12H2,1-2H3. The average molecular weight is 300 g/mol. The third kappa shape index (κ3) is 2.99. The Morgan fingerprint density at radius 1 is 1.23 bits per heavy atom. The van der Waals surface area contributed by atoms with Gasteiger partial charge in [0.25, 0.3) is 0 Å². The summed E-state index contributed by atoms with van der Waals surface area (Å²) in [5, 5.41) is 12.5. The zero-order chi connectivity index (χ0) is 15.4. The van der Waals surface area contributed by atoms with Crippen LogP contribution in [0.5, 0.6) is 5.75 Å². The number of hydrogen-bond acceptors (Lipinski definition) is 4. The van der Waals surface area contributed by atoms with Crippen LogP contribution in [0.25, 0.3) is 0 Å². The van der Waals surface area contributed by atoms with Crippen LogP contribution in [0.3, 0.4) is 0 Å². The van der Waals surface area contributed by atoms with E-state index in [0.29, 0.717) is 0 Å². The first-order valence-corrected chi connectivity index (χ1v) is 8.04. The lowest BCUT2D eigenvalue weighted by molar-refractivity contribution is 0.335. The molecule has 1 saturated carbocycles. The maximum Gasteiger partial charge on any atom is 0.118 e. The Hall–Kier alpha value is -1.88. The largest absolute Gasteiger partial charge is 0.497 e. The van der Waals surface area contributed by atoms with Crippen molar-refractivity contribution in [3.05, 3.63) is 41.7 Å². The fourth-order valence-electron chi connectivity index (χ4n) is 3.28. The Morgan fingerprint density at radius 2 is 1.95 bits per heavy atom. The lowest BCUT2D eigenvalue weighted by Gasteiger charge is -2.31. The Labute approximate surface area is 131 Å². The van der Waals surface area contributed by atoms with Gasteiger partial charge in [-0.25, -0.2) is 0 Å². The monoisotopic (exact) mass is 300 g/mol. The van der Waals surface area contributed by atoms with Crippen LogP contribution in [-0.4, -0.2) is 22.1 Å². The van der Waals surface area contributed by atoms with Crippen LogP contribution >= 0.6 is 0 Å². The van der Waals surface area contributed by atoms with E-state index in [-0.39, 0.29) is 5.54 Å². The number of methoxy groups -OCH3 is 1. The van der Waals surface area contributed by atoms with Gasteiger partial charge in [0.15, 0.2) is 0 Å². The summed E-state index contributed by atoms with van der Waals surface area (Å²) in [7, 11) is 1.70. The number of aromatic nitrogens is 3. The van der Waals surface area contributed by atoms with E-state index >= 15 is 0 Å². The molecule has 0 amide bonds. The number of aryl methyl sites for hydroxylation is 1. The summed E-state index contributed by atoms with van der Waals surface area (Å²) in [5.74, 6) is 0.905. The highest BCUT2D eigenvalue weighted by molar-refractivity contribution is 5.32. The molecule has 1 aromatic heterocycles. The minimum atomic E-state index is 0.0578. The number of rotatable bonds is 6. The van der Waals surface area contributed by atoms with Crippen LogP contribution in [0.15, 0.2) is 30.5 Å². The lowest BCUT2D eigenvalue weighted by atomic mass is 9.88. The second-order valence-corrected chi connectivity index (χ2v) is 5.90. The first-order valence-electron chi connectivity index (χ1n) is 8.04. The summed E-state index contributed by atoms with van der Waals surface area (Å²) in [6.07, 6.45) is 6.72. The van der Waals surface area contributed by atoms with E-state index in [1.54, 1.807) is 11.9 Å². The van der Waals surface area contributed by atoms with Gasteiger partial charge in [0, 0.05) is 12.1 Å². The van der Waals surface area contributed by atoms with Crippen molar-refractivity contribution in [1.29, 1.82) is 0 Å². The van der Waals surface area contributed by atoms with Gasteiger partial charge in [0.05, 0.1) is 25.5 Å². The molecule has 1 aliphatic rings. The molecule has 0 bridgehead atoms. The molecule has 5 heteroatoms. The van der Waals surface area contributed by atoms with Gasteiger partial charge in [0.1, 0.15) is 5.75 Å². The van der Waals surface area contributed by atoms with E-state index in [0.717, 1.165) is 24.5 Å². The zero-order valence-electron chi connectivity index (χ0n) is 13.4. The molecule has 0 radical (unpaired) electrons. The minimum absolute atomic E-state index is 0.0578. The van der Waals surface area contributed by atoms with E-state index in [2.05, 4.69) is 27.6 Å². The maximum atomic E-state index is 5.27. The van der Waals surface area contributed by atoms with E-state index in [1.165, 1.54) is 31.2 Å². The van der Waals surface area contributed by atoms with Gasteiger partial charge in [-0.3, -0.25) is 0 Å². The van der Waals surface area contributed by atoms with Gasteiger partial charge >= 0.3 is 0 Å². The maximum absolute atomic E-state index is 5.27. The summed E-state index contributed by atoms with van der Waals surface area (Å²) < 4.78 is 5.27. The molecule has 0 spiro atoms. The molecule has 0 unspecified atom stereocenters. The van der Waals surface area contributed by atoms with Gasteiger partial charge in [-0.2, -0.15) is 15.0 Å². The third-order valence-corrected chi connectivity index (χ3v) is 4.57. The van der Waals surface area contributed by atoms with Crippen LogP contribution in [0.4, 0.5) is 0 Å². The quantitative estimate of drug-likeness (QED) is 0.891. The van der Waals surface area contributed by atoms with Gasteiger partial charge < -0.3 is 10.1 Å². The Bertz CT molecular complexity index is 599. The summed E-state index contributed by atoms with van der Waals surface area (Å²) in [6, 6.07) is 8.45. The predicted octanol–water partition coefficient (Wildman–Crippen LogP) is 2.87. The molecule has 0 saturated heterocycles. The van der Waals surface area contributed by atoms with E-state index in [9.17, 15) is 0 Å². The second-order valence-electron chi connectivity index (χ2n) is 5.90. The van der Waals surface area contributed by atoms with Crippen molar-refractivity contribution in [1.82, 2.24) is 20.3 Å². The fraction of sp³-hybridized carbons (Fsp3) is 0.529. The number of nitrogens with one attached hydrogen (secondary N) is 1. The van der Waals surface area contributed by atoms with Crippen molar-refractivity contribution in [2.24, 2.45) is 0 Å². The van der Waals surface area contributed by atoms with Gasteiger partial charge in [-0.15, -0.1) is 0 Å². The highest BCUT2D eigenvalue weighted by atomic mass is 16.5. The van der Waals surface area contributed by atoms with Crippen molar-refractivity contribution < 1.29 is 4.74 Å². The molecule has 1 aliphatic carbocycles. The van der Waals surface area contributed by atoms with E-state index in [1.807, 2.05) is 25.3 Å². The molecule has 118 valence electrons. The molecule has 1 N–H and O–H groups in total. The molecule has 0 atom stereocenters. The molecule has 1 aromatic carbocycles. The smallest absolute Gasteiger partial charge is 0.118 e. The molecule has 1 heterocycles. The number of nitrogens with zero attached hydrogens (tertiary/aromatic N) is 3. The topological polar surface area (TPSA) is 52.0 Å². The molecule has 3 rings (SSSR count). The molecule has 22 heavy (non-hydrogen) atoms. The zero-order valence-corrected chi connectivity index (χ0v) is 13.4. The van der Waals surface area contributed by atoms with Crippen molar-refractivity contribution in [2.75, 3.05) is 7.11 Å². The first-order chi connectivity index (χ1) is 10.8. The van der Waals surface area contributed by atoms with Crippen LogP contribution in [0.1, 0.15) is 43.9 Å². The SMILES string of the molecule is CCn1ncc(CNC2(c3ccc(OC)cc3)CCCC2)n1.